The molecule has 2 rings (SSSR count). The molecule has 2 heteroatoms. The van der Waals surface area contributed by atoms with E-state index in [1.807, 2.05) is 18.2 Å². The topological polar surface area (TPSA) is 37.3 Å². The van der Waals surface area contributed by atoms with Crippen molar-refractivity contribution in [3.8, 4) is 0 Å². The third-order valence-corrected chi connectivity index (χ3v) is 3.32. The monoisotopic (exact) mass is 218 g/mol. The van der Waals surface area contributed by atoms with Gasteiger partial charge in [-0.15, -0.1) is 0 Å². The largest absolute Gasteiger partial charge is 0.481 e. The molecular formula is C14H18O2. The van der Waals surface area contributed by atoms with Crippen molar-refractivity contribution in [3.05, 3.63) is 35.4 Å². The maximum atomic E-state index is 11.3. The molecule has 16 heavy (non-hydrogen) atoms. The van der Waals surface area contributed by atoms with E-state index in [9.17, 15) is 9.90 Å². The molecule has 1 aliphatic rings. The van der Waals surface area contributed by atoms with Crippen LogP contribution in [0.2, 0.25) is 0 Å². The van der Waals surface area contributed by atoms with Gasteiger partial charge >= 0.3 is 5.97 Å². The predicted octanol–water partition coefficient (Wildman–Crippen LogP) is 3.00. The van der Waals surface area contributed by atoms with Crippen LogP contribution in [-0.4, -0.2) is 11.1 Å². The van der Waals surface area contributed by atoms with Crippen LogP contribution in [0.3, 0.4) is 0 Å². The molecule has 1 aromatic carbocycles. The molecule has 0 spiro atoms. The van der Waals surface area contributed by atoms with Gasteiger partial charge < -0.3 is 5.11 Å². The molecule has 0 unspecified atom stereocenters. The molecular weight excluding hydrogens is 200 g/mol. The third-order valence-electron chi connectivity index (χ3n) is 3.32. The highest BCUT2D eigenvalue weighted by Gasteiger charge is 2.52. The highest BCUT2D eigenvalue weighted by atomic mass is 16.4. The lowest BCUT2D eigenvalue weighted by atomic mass is 9.88. The fraction of sp³-hybridized carbons (Fsp3) is 0.500. The Kier molecular flexibility index (Phi) is 2.75. The first-order chi connectivity index (χ1) is 7.56. The van der Waals surface area contributed by atoms with Gasteiger partial charge in [0.05, 0.1) is 5.41 Å². The summed E-state index contributed by atoms with van der Waals surface area (Å²) in [7, 11) is 0. The normalized spacial score (nSPS) is 17.4. The summed E-state index contributed by atoms with van der Waals surface area (Å²) in [4.78, 5) is 11.3. The Labute approximate surface area is 96.3 Å². The molecule has 86 valence electrons. The summed E-state index contributed by atoms with van der Waals surface area (Å²) >= 11 is 0. The lowest BCUT2D eigenvalue weighted by Gasteiger charge is -2.16. The van der Waals surface area contributed by atoms with Crippen molar-refractivity contribution in [1.82, 2.24) is 0 Å². The number of hydrogen-bond acceptors (Lipinski definition) is 1. The molecule has 0 heterocycles. The number of carbonyl (C=O) groups is 1. The first-order valence-electron chi connectivity index (χ1n) is 5.88. The SMILES string of the molecule is CC(C)Cc1ccccc1C1(C(=O)O)CC1. The van der Waals surface area contributed by atoms with Gasteiger partial charge in [-0.1, -0.05) is 38.1 Å². The number of hydrogen-bond donors (Lipinski definition) is 1. The molecule has 1 fully saturated rings. The van der Waals surface area contributed by atoms with Gasteiger partial charge in [0.25, 0.3) is 0 Å². The quantitative estimate of drug-likeness (QED) is 0.843. The standard InChI is InChI=1S/C14H18O2/c1-10(2)9-11-5-3-4-6-12(11)14(7-8-14)13(15)16/h3-6,10H,7-9H2,1-2H3,(H,15,16). The van der Waals surface area contributed by atoms with Crippen LogP contribution in [0, 0.1) is 5.92 Å². The summed E-state index contributed by atoms with van der Waals surface area (Å²) in [6.07, 6.45) is 2.54. The van der Waals surface area contributed by atoms with Gasteiger partial charge in [-0.2, -0.15) is 0 Å². The summed E-state index contributed by atoms with van der Waals surface area (Å²) in [5, 5.41) is 9.32. The number of carboxylic acid groups (broad SMARTS) is 1. The van der Waals surface area contributed by atoms with Gasteiger partial charge in [0.15, 0.2) is 0 Å². The molecule has 0 bridgehead atoms. The molecule has 2 nitrogen and oxygen atoms in total. The van der Waals surface area contributed by atoms with Crippen LogP contribution in [0.1, 0.15) is 37.8 Å². The lowest BCUT2D eigenvalue weighted by Crippen LogP contribution is -2.21. The fourth-order valence-corrected chi connectivity index (χ4v) is 2.33. The van der Waals surface area contributed by atoms with Crippen LogP contribution in [0.25, 0.3) is 0 Å². The predicted molar refractivity (Wildman–Crippen MR) is 63.5 cm³/mol. The Morgan fingerprint density at radius 3 is 2.50 bits per heavy atom. The zero-order chi connectivity index (χ0) is 11.8. The van der Waals surface area contributed by atoms with Gasteiger partial charge in [0, 0.05) is 0 Å². The van der Waals surface area contributed by atoms with E-state index in [1.165, 1.54) is 5.56 Å². The highest BCUT2D eigenvalue weighted by Crippen LogP contribution is 2.49. The Morgan fingerprint density at radius 1 is 1.38 bits per heavy atom. The Morgan fingerprint density at radius 2 is 2.00 bits per heavy atom. The van der Waals surface area contributed by atoms with E-state index < -0.39 is 11.4 Å². The average Bonchev–Trinajstić information content (AvgIpc) is 2.98. The van der Waals surface area contributed by atoms with Gasteiger partial charge in [-0.25, -0.2) is 0 Å². The van der Waals surface area contributed by atoms with Crippen LogP contribution >= 0.6 is 0 Å². The van der Waals surface area contributed by atoms with Crippen molar-refractivity contribution in [2.45, 2.75) is 38.5 Å². The van der Waals surface area contributed by atoms with Crippen LogP contribution in [0.15, 0.2) is 24.3 Å². The molecule has 0 aromatic heterocycles. The lowest BCUT2D eigenvalue weighted by molar-refractivity contribution is -0.140. The van der Waals surface area contributed by atoms with Crippen LogP contribution in [0.4, 0.5) is 0 Å². The third kappa shape index (κ3) is 1.84. The minimum absolute atomic E-state index is 0.561. The van der Waals surface area contributed by atoms with Gasteiger partial charge in [-0.3, -0.25) is 4.79 Å². The van der Waals surface area contributed by atoms with Crippen molar-refractivity contribution in [3.63, 3.8) is 0 Å². The van der Waals surface area contributed by atoms with Crippen molar-refractivity contribution in [2.24, 2.45) is 5.92 Å². The summed E-state index contributed by atoms with van der Waals surface area (Å²) in [5.41, 5.74) is 1.68. The molecule has 0 radical (unpaired) electrons. The van der Waals surface area contributed by atoms with Crippen LogP contribution in [0.5, 0.6) is 0 Å². The molecule has 0 atom stereocenters. The van der Waals surface area contributed by atoms with Crippen LogP contribution in [-0.2, 0) is 16.6 Å². The number of carboxylic acids is 1. The van der Waals surface area contributed by atoms with E-state index >= 15 is 0 Å². The maximum Gasteiger partial charge on any atom is 0.314 e. The highest BCUT2D eigenvalue weighted by molar-refractivity contribution is 5.85. The van der Waals surface area contributed by atoms with Crippen LogP contribution < -0.4 is 0 Å². The summed E-state index contributed by atoms with van der Waals surface area (Å²) < 4.78 is 0. The van der Waals surface area contributed by atoms with E-state index in [-0.39, 0.29) is 0 Å². The number of benzene rings is 1. The second-order valence-corrected chi connectivity index (χ2v) is 5.14. The Bertz CT molecular complexity index is 403. The number of rotatable bonds is 4. The summed E-state index contributed by atoms with van der Waals surface area (Å²) in [6.45, 7) is 4.33. The molecule has 0 saturated heterocycles. The molecule has 1 N–H and O–H groups in total. The van der Waals surface area contributed by atoms with Gasteiger partial charge in [0.1, 0.15) is 0 Å². The maximum absolute atomic E-state index is 11.3. The average molecular weight is 218 g/mol. The van der Waals surface area contributed by atoms with Crippen molar-refractivity contribution >= 4 is 5.97 Å². The molecule has 0 aliphatic heterocycles. The molecule has 0 amide bonds. The van der Waals surface area contributed by atoms with E-state index in [0.29, 0.717) is 5.92 Å². The molecule has 1 saturated carbocycles. The van der Waals surface area contributed by atoms with E-state index in [0.717, 1.165) is 24.8 Å². The second-order valence-electron chi connectivity index (χ2n) is 5.14. The zero-order valence-corrected chi connectivity index (χ0v) is 9.86. The van der Waals surface area contributed by atoms with Gasteiger partial charge in [-0.05, 0) is 36.3 Å². The number of aliphatic carboxylic acids is 1. The Balaban J connectivity index is 2.37. The fourth-order valence-electron chi connectivity index (χ4n) is 2.33. The Hall–Kier alpha value is -1.31. The van der Waals surface area contributed by atoms with Crippen molar-refractivity contribution < 1.29 is 9.90 Å². The first-order valence-corrected chi connectivity index (χ1v) is 5.88. The van der Waals surface area contributed by atoms with E-state index in [2.05, 4.69) is 19.9 Å². The summed E-state index contributed by atoms with van der Waals surface area (Å²) in [5.74, 6) is -0.102. The minimum atomic E-state index is -0.663. The smallest absolute Gasteiger partial charge is 0.314 e. The molecule has 1 aliphatic carbocycles. The van der Waals surface area contributed by atoms with Gasteiger partial charge in [0.2, 0.25) is 0 Å². The first kappa shape index (κ1) is 11.2. The second kappa shape index (κ2) is 3.93. The summed E-state index contributed by atoms with van der Waals surface area (Å²) in [6, 6.07) is 8.00. The zero-order valence-electron chi connectivity index (χ0n) is 9.86. The van der Waals surface area contributed by atoms with E-state index in [1.54, 1.807) is 0 Å². The van der Waals surface area contributed by atoms with Crippen molar-refractivity contribution in [2.75, 3.05) is 0 Å². The minimum Gasteiger partial charge on any atom is -0.481 e. The van der Waals surface area contributed by atoms with Crippen molar-refractivity contribution in [1.29, 1.82) is 0 Å². The van der Waals surface area contributed by atoms with E-state index in [4.69, 9.17) is 0 Å². The molecule has 1 aromatic rings.